The van der Waals surface area contributed by atoms with Crippen molar-refractivity contribution in [3.05, 3.63) is 47.5 Å². The number of carbonyl (C=O) groups excluding carboxylic acids is 1. The number of aryl methyl sites for hydroxylation is 1. The first-order valence-corrected chi connectivity index (χ1v) is 6.49. The number of nitrogens with one attached hydrogen (secondary N) is 1. The van der Waals surface area contributed by atoms with Crippen molar-refractivity contribution in [1.29, 1.82) is 0 Å². The summed E-state index contributed by atoms with van der Waals surface area (Å²) in [5.41, 5.74) is 1.78. The van der Waals surface area contributed by atoms with Gasteiger partial charge in [-0.3, -0.25) is 4.79 Å². The van der Waals surface area contributed by atoms with Gasteiger partial charge in [0.25, 0.3) is 5.91 Å². The van der Waals surface area contributed by atoms with Gasteiger partial charge in [-0.1, -0.05) is 6.92 Å². The van der Waals surface area contributed by atoms with Gasteiger partial charge in [-0.2, -0.15) is 0 Å². The summed E-state index contributed by atoms with van der Waals surface area (Å²) in [5.74, 6) is 0.00517. The molecule has 1 amide bonds. The van der Waals surface area contributed by atoms with Gasteiger partial charge in [0.15, 0.2) is 5.82 Å². The first kappa shape index (κ1) is 14.1. The van der Waals surface area contributed by atoms with Crippen molar-refractivity contribution in [2.24, 2.45) is 0 Å². The summed E-state index contributed by atoms with van der Waals surface area (Å²) in [6, 6.07) is 5.94. The molecule has 0 aliphatic carbocycles. The molecule has 0 fully saturated rings. The highest BCUT2D eigenvalue weighted by Gasteiger charge is 2.11. The zero-order valence-corrected chi connectivity index (χ0v) is 11.5. The highest BCUT2D eigenvalue weighted by molar-refractivity contribution is 5.95. The molecule has 1 heterocycles. The van der Waals surface area contributed by atoms with Gasteiger partial charge in [0.2, 0.25) is 0 Å². The first-order valence-electron chi connectivity index (χ1n) is 6.49. The van der Waals surface area contributed by atoms with Crippen LogP contribution in [0.1, 0.15) is 29.4 Å². The molecule has 0 unspecified atom stereocenters. The van der Waals surface area contributed by atoms with E-state index in [1.165, 1.54) is 18.3 Å². The topological polar surface area (TPSA) is 54.9 Å². The van der Waals surface area contributed by atoms with Crippen LogP contribution in [-0.2, 0) is 0 Å². The second kappa shape index (κ2) is 6.23. The minimum absolute atomic E-state index is 0.171. The van der Waals surface area contributed by atoms with E-state index in [0.29, 0.717) is 23.6 Å². The van der Waals surface area contributed by atoms with Crippen molar-refractivity contribution >= 4 is 5.91 Å². The van der Waals surface area contributed by atoms with E-state index in [4.69, 9.17) is 0 Å². The van der Waals surface area contributed by atoms with Crippen LogP contribution in [0, 0.1) is 12.7 Å². The van der Waals surface area contributed by atoms with E-state index in [-0.39, 0.29) is 11.7 Å². The van der Waals surface area contributed by atoms with Gasteiger partial charge in [0, 0.05) is 18.3 Å². The molecular formula is C15H16FN3O. The van der Waals surface area contributed by atoms with Crippen molar-refractivity contribution in [1.82, 2.24) is 15.3 Å². The minimum Gasteiger partial charge on any atom is -0.352 e. The fraction of sp³-hybridized carbons (Fsp3) is 0.267. The van der Waals surface area contributed by atoms with E-state index in [9.17, 15) is 9.18 Å². The molecule has 0 spiro atoms. The Morgan fingerprint density at radius 3 is 2.60 bits per heavy atom. The predicted molar refractivity (Wildman–Crippen MR) is 74.8 cm³/mol. The van der Waals surface area contributed by atoms with Gasteiger partial charge in [0.05, 0.1) is 11.3 Å². The monoisotopic (exact) mass is 273 g/mol. The molecule has 1 aromatic heterocycles. The van der Waals surface area contributed by atoms with E-state index in [1.54, 1.807) is 19.1 Å². The molecule has 1 N–H and O–H groups in total. The van der Waals surface area contributed by atoms with Gasteiger partial charge >= 0.3 is 0 Å². The largest absolute Gasteiger partial charge is 0.352 e. The van der Waals surface area contributed by atoms with Crippen molar-refractivity contribution in [2.45, 2.75) is 20.3 Å². The Morgan fingerprint density at radius 1 is 1.30 bits per heavy atom. The molecule has 20 heavy (non-hydrogen) atoms. The average molecular weight is 273 g/mol. The van der Waals surface area contributed by atoms with E-state index in [1.807, 2.05) is 6.92 Å². The Hall–Kier alpha value is -2.30. The Bertz CT molecular complexity index is 611. The second-order valence-corrected chi connectivity index (χ2v) is 4.46. The fourth-order valence-corrected chi connectivity index (χ4v) is 1.76. The van der Waals surface area contributed by atoms with Crippen LogP contribution in [0.3, 0.4) is 0 Å². The van der Waals surface area contributed by atoms with Crippen molar-refractivity contribution in [3.63, 3.8) is 0 Å². The van der Waals surface area contributed by atoms with E-state index in [0.717, 1.165) is 12.0 Å². The van der Waals surface area contributed by atoms with E-state index < -0.39 is 0 Å². The number of nitrogens with zero attached hydrogens (tertiary/aromatic N) is 2. The normalized spacial score (nSPS) is 10.3. The number of rotatable bonds is 4. The number of hydrogen-bond donors (Lipinski definition) is 1. The Kier molecular flexibility index (Phi) is 4.40. The predicted octanol–water partition coefficient (Wildman–Crippen LogP) is 2.73. The quantitative estimate of drug-likeness (QED) is 0.932. The average Bonchev–Trinajstić information content (AvgIpc) is 2.45. The van der Waals surface area contributed by atoms with Crippen LogP contribution in [0.15, 0.2) is 30.5 Å². The van der Waals surface area contributed by atoms with Crippen LogP contribution < -0.4 is 5.32 Å². The molecule has 5 heteroatoms. The maximum absolute atomic E-state index is 12.9. The SMILES string of the molecule is CCCNC(=O)c1cnc(-c2ccc(F)cc2)nc1C. The third-order valence-corrected chi connectivity index (χ3v) is 2.86. The zero-order valence-electron chi connectivity index (χ0n) is 11.5. The highest BCUT2D eigenvalue weighted by Crippen LogP contribution is 2.16. The number of carbonyl (C=O) groups is 1. The van der Waals surface area contributed by atoms with Gasteiger partial charge in [-0.05, 0) is 37.6 Å². The van der Waals surface area contributed by atoms with Crippen molar-refractivity contribution < 1.29 is 9.18 Å². The molecule has 104 valence electrons. The summed E-state index contributed by atoms with van der Waals surface area (Å²) in [7, 11) is 0. The van der Waals surface area contributed by atoms with Gasteiger partial charge in [0.1, 0.15) is 5.82 Å². The van der Waals surface area contributed by atoms with Gasteiger partial charge in [-0.25, -0.2) is 14.4 Å². The molecule has 2 rings (SSSR count). The summed E-state index contributed by atoms with van der Waals surface area (Å²) < 4.78 is 12.9. The molecule has 0 aliphatic heterocycles. The summed E-state index contributed by atoms with van der Waals surface area (Å²) in [6.45, 7) is 4.37. The molecular weight excluding hydrogens is 257 g/mol. The molecule has 0 bridgehead atoms. The molecule has 2 aromatic rings. The molecule has 0 saturated carbocycles. The molecule has 4 nitrogen and oxygen atoms in total. The molecule has 0 aliphatic rings. The summed E-state index contributed by atoms with van der Waals surface area (Å²) in [4.78, 5) is 20.4. The third-order valence-electron chi connectivity index (χ3n) is 2.86. The molecule has 0 atom stereocenters. The molecule has 1 aromatic carbocycles. The smallest absolute Gasteiger partial charge is 0.254 e. The Balaban J connectivity index is 2.25. The van der Waals surface area contributed by atoms with Gasteiger partial charge in [-0.15, -0.1) is 0 Å². The lowest BCUT2D eigenvalue weighted by atomic mass is 10.2. The summed E-state index contributed by atoms with van der Waals surface area (Å²) >= 11 is 0. The number of aromatic nitrogens is 2. The van der Waals surface area contributed by atoms with Gasteiger partial charge < -0.3 is 5.32 Å². The van der Waals surface area contributed by atoms with Crippen molar-refractivity contribution in [3.8, 4) is 11.4 Å². The molecule has 0 saturated heterocycles. The highest BCUT2D eigenvalue weighted by atomic mass is 19.1. The number of amides is 1. The minimum atomic E-state index is -0.305. The second-order valence-electron chi connectivity index (χ2n) is 4.46. The lowest BCUT2D eigenvalue weighted by Gasteiger charge is -2.07. The lowest BCUT2D eigenvalue weighted by molar-refractivity contribution is 0.0952. The van der Waals surface area contributed by atoms with Crippen LogP contribution in [0.5, 0.6) is 0 Å². The Morgan fingerprint density at radius 2 is 2.00 bits per heavy atom. The van der Waals surface area contributed by atoms with Crippen LogP contribution in [-0.4, -0.2) is 22.4 Å². The number of benzene rings is 1. The third kappa shape index (κ3) is 3.17. The zero-order chi connectivity index (χ0) is 14.5. The lowest BCUT2D eigenvalue weighted by Crippen LogP contribution is -2.25. The summed E-state index contributed by atoms with van der Waals surface area (Å²) in [5, 5.41) is 2.79. The van der Waals surface area contributed by atoms with Crippen molar-refractivity contribution in [2.75, 3.05) is 6.54 Å². The van der Waals surface area contributed by atoms with Crippen LogP contribution in [0.25, 0.3) is 11.4 Å². The first-order chi connectivity index (χ1) is 9.61. The standard InChI is InChI=1S/C15H16FN3O/c1-3-8-17-15(20)13-9-18-14(19-10(13)2)11-4-6-12(16)7-5-11/h4-7,9H,3,8H2,1-2H3,(H,17,20). The maximum Gasteiger partial charge on any atom is 0.254 e. The van der Waals surface area contributed by atoms with E-state index >= 15 is 0 Å². The number of hydrogen-bond acceptors (Lipinski definition) is 3. The van der Waals surface area contributed by atoms with Crippen LogP contribution >= 0.6 is 0 Å². The molecule has 0 radical (unpaired) electrons. The van der Waals surface area contributed by atoms with Crippen LogP contribution in [0.2, 0.25) is 0 Å². The Labute approximate surface area is 117 Å². The maximum atomic E-state index is 12.9. The fourth-order valence-electron chi connectivity index (χ4n) is 1.76. The number of halogens is 1. The van der Waals surface area contributed by atoms with E-state index in [2.05, 4.69) is 15.3 Å². The summed E-state index contributed by atoms with van der Waals surface area (Å²) in [6.07, 6.45) is 2.38. The van der Waals surface area contributed by atoms with Crippen LogP contribution in [0.4, 0.5) is 4.39 Å².